The van der Waals surface area contributed by atoms with E-state index in [-0.39, 0.29) is 33.4 Å². The fourth-order valence-electron chi connectivity index (χ4n) is 3.94. The Hall–Kier alpha value is -3.40. The van der Waals surface area contributed by atoms with Crippen molar-refractivity contribution < 1.29 is 22.3 Å². The normalized spacial score (nSPS) is 11.6. The lowest BCUT2D eigenvalue weighted by molar-refractivity contribution is 0.305. The first-order valence-corrected chi connectivity index (χ1v) is 12.8. The van der Waals surface area contributed by atoms with E-state index in [4.69, 9.17) is 21.1 Å². The first-order valence-electron chi connectivity index (χ1n) is 11.0. The lowest BCUT2D eigenvalue weighted by Gasteiger charge is -2.18. The number of benzene rings is 2. The Balaban J connectivity index is 1.75. The molecule has 0 bridgehead atoms. The molecule has 0 spiro atoms. The van der Waals surface area contributed by atoms with Crippen LogP contribution >= 0.6 is 11.6 Å². The van der Waals surface area contributed by atoms with Crippen molar-refractivity contribution in [3.05, 3.63) is 95.2 Å². The summed E-state index contributed by atoms with van der Waals surface area (Å²) in [5.41, 5.74) is 1.08. The van der Waals surface area contributed by atoms with Crippen molar-refractivity contribution in [3.8, 4) is 22.8 Å². The van der Waals surface area contributed by atoms with Gasteiger partial charge in [0.25, 0.3) is 10.0 Å². The van der Waals surface area contributed by atoms with Gasteiger partial charge in [-0.25, -0.2) is 21.8 Å². The average Bonchev–Trinajstić information content (AvgIpc) is 3.21. The van der Waals surface area contributed by atoms with E-state index < -0.39 is 15.8 Å². The molecule has 0 aliphatic carbocycles. The van der Waals surface area contributed by atoms with Gasteiger partial charge < -0.3 is 9.47 Å². The summed E-state index contributed by atoms with van der Waals surface area (Å²) in [6.45, 7) is 0.551. The molecule has 2 aromatic carbocycles. The molecular weight excluding hydrogens is 505 g/mol. The summed E-state index contributed by atoms with van der Waals surface area (Å²) in [5, 5.41) is 0.00175. The number of ether oxygens (including phenoxy) is 2. The molecule has 0 aliphatic heterocycles. The summed E-state index contributed by atoms with van der Waals surface area (Å²) in [7, 11) is 0.836. The Morgan fingerprint density at radius 3 is 2.39 bits per heavy atom. The van der Waals surface area contributed by atoms with Crippen LogP contribution in [0.15, 0.2) is 78.0 Å². The summed E-state index contributed by atoms with van der Waals surface area (Å²) < 4.78 is 54.6. The van der Waals surface area contributed by atoms with Crippen LogP contribution < -0.4 is 9.47 Å². The first kappa shape index (κ1) is 25.7. The Morgan fingerprint density at radius 2 is 1.72 bits per heavy atom. The molecular formula is C26H25ClFN3O4S. The van der Waals surface area contributed by atoms with Crippen LogP contribution in [-0.4, -0.2) is 43.5 Å². The number of hydrogen-bond donors (Lipinski definition) is 0. The number of rotatable bonds is 9. The maximum absolute atomic E-state index is 15.9. The lowest BCUT2D eigenvalue weighted by atomic mass is 10.1. The Morgan fingerprint density at radius 1 is 1.00 bits per heavy atom. The predicted molar refractivity (Wildman–Crippen MR) is 136 cm³/mol. The van der Waals surface area contributed by atoms with Crippen molar-refractivity contribution in [1.82, 2.24) is 13.9 Å². The van der Waals surface area contributed by atoms with Gasteiger partial charge in [0.2, 0.25) is 0 Å². The minimum atomic E-state index is -4.11. The maximum atomic E-state index is 15.9. The molecule has 36 heavy (non-hydrogen) atoms. The van der Waals surface area contributed by atoms with Crippen molar-refractivity contribution in [3.63, 3.8) is 0 Å². The summed E-state index contributed by atoms with van der Waals surface area (Å²) >= 11 is 6.26. The van der Waals surface area contributed by atoms with Crippen molar-refractivity contribution in [2.45, 2.75) is 18.0 Å². The minimum absolute atomic E-state index is 0.00175. The van der Waals surface area contributed by atoms with Gasteiger partial charge in [-0.2, -0.15) is 0 Å². The smallest absolute Gasteiger partial charge is 0.268 e. The molecule has 0 saturated heterocycles. The molecule has 0 N–H and O–H groups in total. The van der Waals surface area contributed by atoms with Crippen molar-refractivity contribution >= 4 is 21.6 Å². The van der Waals surface area contributed by atoms with E-state index >= 15 is 4.39 Å². The van der Waals surface area contributed by atoms with E-state index in [9.17, 15) is 8.42 Å². The third kappa shape index (κ3) is 5.09. The van der Waals surface area contributed by atoms with Crippen LogP contribution in [0.5, 0.6) is 11.5 Å². The fraction of sp³-hybridized carbons (Fsp3) is 0.192. The summed E-state index contributed by atoms with van der Waals surface area (Å²) in [6.07, 6.45) is 2.76. The van der Waals surface area contributed by atoms with Crippen molar-refractivity contribution in [2.75, 3.05) is 21.3 Å². The lowest BCUT2D eigenvalue weighted by Crippen LogP contribution is -2.18. The molecule has 10 heteroatoms. The van der Waals surface area contributed by atoms with Gasteiger partial charge in [-0.05, 0) is 37.4 Å². The molecule has 4 rings (SSSR count). The molecule has 0 fully saturated rings. The van der Waals surface area contributed by atoms with Gasteiger partial charge in [0.05, 0.1) is 19.1 Å². The van der Waals surface area contributed by atoms with Gasteiger partial charge in [-0.15, -0.1) is 0 Å². The summed E-state index contributed by atoms with van der Waals surface area (Å²) in [5.74, 6) is 0.608. The third-order valence-corrected chi connectivity index (χ3v) is 7.65. The molecule has 2 aromatic heterocycles. The zero-order chi connectivity index (χ0) is 25.9. The molecule has 0 radical (unpaired) electrons. The van der Waals surface area contributed by atoms with Gasteiger partial charge in [0.15, 0.2) is 5.82 Å². The third-order valence-electron chi connectivity index (χ3n) is 5.67. The van der Waals surface area contributed by atoms with Crippen molar-refractivity contribution in [2.24, 2.45) is 0 Å². The Kier molecular flexibility index (Phi) is 7.63. The van der Waals surface area contributed by atoms with Crippen LogP contribution in [0.3, 0.4) is 0 Å². The topological polar surface area (TPSA) is 73.7 Å². The second kappa shape index (κ2) is 10.7. The van der Waals surface area contributed by atoms with Crippen molar-refractivity contribution in [1.29, 1.82) is 0 Å². The minimum Gasteiger partial charge on any atom is -0.497 e. The standard InChI is InChI=1S/C26H25ClFN3O4S/c1-30(15-18-11-12-20(34-2)14-23(18)35-3)16-19-17-31(36(32,33)21-8-5-4-6-9-21)25(24(19)28)22-10-7-13-29-26(22)27/h4-14,17H,15-16H2,1-3H3. The fourth-order valence-corrected chi connectivity index (χ4v) is 5.56. The summed E-state index contributed by atoms with van der Waals surface area (Å²) in [6, 6.07) is 16.4. The van der Waals surface area contributed by atoms with Gasteiger partial charge in [-0.1, -0.05) is 35.9 Å². The number of nitrogens with zero attached hydrogens (tertiary/aromatic N) is 3. The molecule has 0 atom stereocenters. The maximum Gasteiger partial charge on any atom is 0.268 e. The largest absolute Gasteiger partial charge is 0.497 e. The number of methoxy groups -OCH3 is 2. The monoisotopic (exact) mass is 529 g/mol. The highest BCUT2D eigenvalue weighted by Gasteiger charge is 2.28. The van der Waals surface area contributed by atoms with E-state index in [1.807, 2.05) is 24.1 Å². The molecule has 0 unspecified atom stereocenters. The van der Waals surface area contributed by atoms with Crippen LogP contribution in [0.2, 0.25) is 5.15 Å². The van der Waals surface area contributed by atoms with Crippen LogP contribution in [0.1, 0.15) is 11.1 Å². The molecule has 7 nitrogen and oxygen atoms in total. The highest BCUT2D eigenvalue weighted by atomic mass is 35.5. The number of halogens is 2. The van der Waals surface area contributed by atoms with E-state index in [1.165, 1.54) is 24.5 Å². The van der Waals surface area contributed by atoms with Gasteiger partial charge >= 0.3 is 0 Å². The second-order valence-corrected chi connectivity index (χ2v) is 10.3. The summed E-state index contributed by atoms with van der Waals surface area (Å²) in [4.78, 5) is 5.90. The second-order valence-electron chi connectivity index (χ2n) is 8.12. The number of hydrogen-bond acceptors (Lipinski definition) is 6. The Bertz CT molecular complexity index is 1480. The van der Waals surface area contributed by atoms with E-state index in [1.54, 1.807) is 50.6 Å². The highest BCUT2D eigenvalue weighted by molar-refractivity contribution is 7.90. The first-order chi connectivity index (χ1) is 17.3. The quantitative estimate of drug-likeness (QED) is 0.276. The zero-order valence-corrected chi connectivity index (χ0v) is 21.6. The number of pyridine rings is 1. The van der Waals surface area contributed by atoms with Crippen LogP contribution in [0.25, 0.3) is 11.3 Å². The molecule has 188 valence electrons. The van der Waals surface area contributed by atoms with E-state index in [2.05, 4.69) is 4.98 Å². The number of aromatic nitrogens is 2. The van der Waals surface area contributed by atoms with Gasteiger partial charge in [-0.3, -0.25) is 4.90 Å². The van der Waals surface area contributed by atoms with Crippen LogP contribution in [0, 0.1) is 5.82 Å². The van der Waals surface area contributed by atoms with E-state index in [0.29, 0.717) is 18.0 Å². The molecule has 2 heterocycles. The SMILES string of the molecule is COc1ccc(CN(C)Cc2cn(S(=O)(=O)c3ccccc3)c(-c3cccnc3Cl)c2F)c(OC)c1. The molecule has 0 saturated carbocycles. The predicted octanol–water partition coefficient (Wildman–Crippen LogP) is 5.23. The molecule has 0 amide bonds. The zero-order valence-electron chi connectivity index (χ0n) is 20.0. The van der Waals surface area contributed by atoms with Crippen LogP contribution in [0.4, 0.5) is 4.39 Å². The van der Waals surface area contributed by atoms with Gasteiger partial charge in [0, 0.05) is 48.2 Å². The van der Waals surface area contributed by atoms with E-state index in [0.717, 1.165) is 9.54 Å². The van der Waals surface area contributed by atoms with Gasteiger partial charge in [0.1, 0.15) is 22.3 Å². The molecule has 0 aliphatic rings. The molecule has 4 aromatic rings. The highest BCUT2D eigenvalue weighted by Crippen LogP contribution is 2.35. The Labute approximate surface area is 214 Å². The van der Waals surface area contributed by atoms with Crippen LogP contribution in [-0.2, 0) is 23.1 Å². The average molecular weight is 530 g/mol.